The van der Waals surface area contributed by atoms with Crippen LogP contribution in [-0.2, 0) is 16.1 Å². The zero-order valence-electron chi connectivity index (χ0n) is 13.7. The van der Waals surface area contributed by atoms with E-state index in [0.717, 1.165) is 23.0 Å². The first-order valence-electron chi connectivity index (χ1n) is 7.25. The average molecular weight is 378 g/mol. The molecule has 0 aliphatic heterocycles. The van der Waals surface area contributed by atoms with Crippen LogP contribution in [-0.4, -0.2) is 28.9 Å². The molecule has 1 aromatic heterocycles. The molecule has 25 heavy (non-hydrogen) atoms. The van der Waals surface area contributed by atoms with E-state index in [4.69, 9.17) is 16.3 Å². The summed E-state index contributed by atoms with van der Waals surface area (Å²) in [6.07, 6.45) is 0. The van der Waals surface area contributed by atoms with E-state index in [1.807, 2.05) is 6.92 Å². The van der Waals surface area contributed by atoms with Gasteiger partial charge in [-0.05, 0) is 30.7 Å². The molecule has 0 fully saturated rings. The minimum Gasteiger partial charge on any atom is -0.506 e. The second-order valence-electron chi connectivity index (χ2n) is 5.15. The van der Waals surface area contributed by atoms with Gasteiger partial charge in [0.1, 0.15) is 16.8 Å². The minimum atomic E-state index is -0.330. The van der Waals surface area contributed by atoms with Crippen molar-refractivity contribution < 1.29 is 14.6 Å². The number of halogens is 1. The van der Waals surface area contributed by atoms with E-state index in [0.29, 0.717) is 22.2 Å². The first kappa shape index (κ1) is 19.1. The lowest BCUT2D eigenvalue weighted by molar-refractivity contribution is -0.113. The molecule has 2 aromatic rings. The maximum absolute atomic E-state index is 12.1. The summed E-state index contributed by atoms with van der Waals surface area (Å²) < 4.78 is 5.10. The van der Waals surface area contributed by atoms with Crippen molar-refractivity contribution in [3.63, 3.8) is 0 Å². The van der Waals surface area contributed by atoms with Crippen LogP contribution in [0.1, 0.15) is 16.8 Å². The van der Waals surface area contributed by atoms with Crippen LogP contribution in [0.3, 0.4) is 0 Å². The lowest BCUT2D eigenvalue weighted by Crippen LogP contribution is -2.14. The van der Waals surface area contributed by atoms with Gasteiger partial charge in [0.05, 0.1) is 23.6 Å². The summed E-state index contributed by atoms with van der Waals surface area (Å²) >= 11 is 6.91. The number of nitriles is 1. The van der Waals surface area contributed by atoms with Gasteiger partial charge in [0, 0.05) is 23.9 Å². The fourth-order valence-corrected chi connectivity index (χ4v) is 3.17. The summed E-state index contributed by atoms with van der Waals surface area (Å²) in [7, 11) is 1.55. The number of hydrogen-bond acceptors (Lipinski definition) is 6. The maximum Gasteiger partial charge on any atom is 0.234 e. The van der Waals surface area contributed by atoms with Crippen molar-refractivity contribution in [2.24, 2.45) is 0 Å². The van der Waals surface area contributed by atoms with Gasteiger partial charge in [0.25, 0.3) is 0 Å². The molecular formula is C17H16ClN3O3S. The lowest BCUT2D eigenvalue weighted by atomic mass is 10.1. The third kappa shape index (κ3) is 5.10. The maximum atomic E-state index is 12.1. The number of methoxy groups -OCH3 is 1. The first-order chi connectivity index (χ1) is 11.9. The fraction of sp³-hybridized carbons (Fsp3) is 0.235. The van der Waals surface area contributed by atoms with Crippen molar-refractivity contribution in [2.75, 3.05) is 18.2 Å². The lowest BCUT2D eigenvalue weighted by Gasteiger charge is -2.10. The van der Waals surface area contributed by atoms with Crippen LogP contribution in [0.5, 0.6) is 5.75 Å². The number of ether oxygens (including phenoxy) is 1. The van der Waals surface area contributed by atoms with Crippen LogP contribution in [0.25, 0.3) is 0 Å². The predicted octanol–water partition coefficient (Wildman–Crippen LogP) is 3.50. The highest BCUT2D eigenvalue weighted by molar-refractivity contribution is 8.00. The van der Waals surface area contributed by atoms with E-state index >= 15 is 0 Å². The summed E-state index contributed by atoms with van der Waals surface area (Å²) in [5.41, 5.74) is 2.15. The van der Waals surface area contributed by atoms with E-state index in [1.54, 1.807) is 19.2 Å². The molecule has 2 rings (SSSR count). The number of aromatic hydroxyl groups is 1. The van der Waals surface area contributed by atoms with Crippen molar-refractivity contribution in [3.8, 4) is 11.8 Å². The van der Waals surface area contributed by atoms with Gasteiger partial charge in [-0.25, -0.2) is 4.98 Å². The number of anilines is 1. The number of carbonyl (C=O) groups excluding carboxylic acids is 1. The van der Waals surface area contributed by atoms with Crippen molar-refractivity contribution in [2.45, 2.75) is 18.6 Å². The molecule has 130 valence electrons. The molecule has 1 amide bonds. The molecule has 0 saturated heterocycles. The highest BCUT2D eigenvalue weighted by atomic mass is 35.5. The van der Waals surface area contributed by atoms with E-state index in [-0.39, 0.29) is 23.1 Å². The Morgan fingerprint density at radius 2 is 2.24 bits per heavy atom. The summed E-state index contributed by atoms with van der Waals surface area (Å²) in [6.45, 7) is 2.11. The molecule has 6 nitrogen and oxygen atoms in total. The molecule has 1 aromatic carbocycles. The van der Waals surface area contributed by atoms with Crippen LogP contribution in [0, 0.1) is 18.3 Å². The number of phenols is 1. The number of nitrogens with one attached hydrogen (secondary N) is 1. The highest BCUT2D eigenvalue weighted by Gasteiger charge is 2.14. The number of phenolic OH excluding ortho intramolecular Hbond substituents is 1. The Kier molecular flexibility index (Phi) is 6.65. The van der Waals surface area contributed by atoms with E-state index < -0.39 is 0 Å². The van der Waals surface area contributed by atoms with Gasteiger partial charge >= 0.3 is 0 Å². The van der Waals surface area contributed by atoms with Gasteiger partial charge in [-0.15, -0.1) is 0 Å². The number of thioether (sulfide) groups is 1. The third-order valence-corrected chi connectivity index (χ3v) is 4.39. The minimum absolute atomic E-state index is 0.0413. The van der Waals surface area contributed by atoms with E-state index in [1.165, 1.54) is 12.1 Å². The summed E-state index contributed by atoms with van der Waals surface area (Å²) in [4.78, 5) is 16.4. The van der Waals surface area contributed by atoms with Crippen LogP contribution < -0.4 is 5.32 Å². The van der Waals surface area contributed by atoms with Gasteiger partial charge in [0.2, 0.25) is 5.91 Å². The number of carbonyl (C=O) groups is 1. The highest BCUT2D eigenvalue weighted by Crippen LogP contribution is 2.28. The molecule has 0 aliphatic rings. The van der Waals surface area contributed by atoms with Crippen LogP contribution in [0.2, 0.25) is 5.02 Å². The molecule has 2 N–H and O–H groups in total. The van der Waals surface area contributed by atoms with Gasteiger partial charge < -0.3 is 15.2 Å². The zero-order valence-corrected chi connectivity index (χ0v) is 15.2. The van der Waals surface area contributed by atoms with Crippen LogP contribution >= 0.6 is 23.4 Å². The molecule has 0 radical (unpaired) electrons. The number of benzene rings is 1. The average Bonchev–Trinajstić information content (AvgIpc) is 2.55. The Morgan fingerprint density at radius 3 is 2.88 bits per heavy atom. The van der Waals surface area contributed by atoms with E-state index in [9.17, 15) is 15.2 Å². The van der Waals surface area contributed by atoms with Gasteiger partial charge in [-0.3, -0.25) is 4.79 Å². The molecular weight excluding hydrogens is 362 g/mol. The van der Waals surface area contributed by atoms with Gasteiger partial charge in [-0.2, -0.15) is 5.26 Å². The number of nitrogens with zero attached hydrogens (tertiary/aromatic N) is 2. The molecule has 0 spiro atoms. The Balaban J connectivity index is 2.10. The van der Waals surface area contributed by atoms with E-state index in [2.05, 4.69) is 16.4 Å². The fourth-order valence-electron chi connectivity index (χ4n) is 2.13. The number of aryl methyl sites for hydroxylation is 1. The number of aromatic nitrogens is 1. The smallest absolute Gasteiger partial charge is 0.234 e. The van der Waals surface area contributed by atoms with Gasteiger partial charge in [-0.1, -0.05) is 23.4 Å². The normalized spacial score (nSPS) is 10.3. The topological polar surface area (TPSA) is 95.2 Å². The molecule has 0 unspecified atom stereocenters. The summed E-state index contributed by atoms with van der Waals surface area (Å²) in [5.74, 6) is -0.401. The number of amides is 1. The Morgan fingerprint density at radius 1 is 1.48 bits per heavy atom. The van der Waals surface area contributed by atoms with Crippen molar-refractivity contribution in [3.05, 3.63) is 46.1 Å². The monoisotopic (exact) mass is 377 g/mol. The Bertz CT molecular complexity index is 837. The molecule has 8 heteroatoms. The number of hydrogen-bond donors (Lipinski definition) is 2. The largest absolute Gasteiger partial charge is 0.506 e. The van der Waals surface area contributed by atoms with Crippen molar-refractivity contribution in [1.82, 2.24) is 4.98 Å². The molecule has 0 atom stereocenters. The number of pyridine rings is 1. The Labute approximate surface area is 154 Å². The molecule has 0 bridgehead atoms. The first-order valence-corrected chi connectivity index (χ1v) is 8.61. The molecule has 0 saturated carbocycles. The van der Waals surface area contributed by atoms with Crippen LogP contribution in [0.15, 0.2) is 29.3 Å². The quantitative estimate of drug-likeness (QED) is 0.591. The van der Waals surface area contributed by atoms with Crippen LogP contribution in [0.4, 0.5) is 5.69 Å². The van der Waals surface area contributed by atoms with Crippen molar-refractivity contribution in [1.29, 1.82) is 5.26 Å². The standard InChI is InChI=1S/C17H16ClN3O3S/c1-10-5-11(8-24-2)13(7-19)17(20-10)25-9-16(23)21-14-4-3-12(18)6-15(14)22/h3-6,22H,8-9H2,1-2H3,(H,21,23). The van der Waals surface area contributed by atoms with Crippen molar-refractivity contribution >= 4 is 35.0 Å². The SMILES string of the molecule is COCc1cc(C)nc(SCC(=O)Nc2ccc(Cl)cc2O)c1C#N. The van der Waals surface area contributed by atoms with Gasteiger partial charge in [0.15, 0.2) is 0 Å². The second-order valence-corrected chi connectivity index (χ2v) is 6.55. The Hall–Kier alpha value is -2.27. The molecule has 1 heterocycles. The second kappa shape index (κ2) is 8.72. The third-order valence-electron chi connectivity index (χ3n) is 3.18. The zero-order chi connectivity index (χ0) is 18.4. The predicted molar refractivity (Wildman–Crippen MR) is 96.9 cm³/mol. The molecule has 0 aliphatic carbocycles. The number of rotatable bonds is 6. The summed E-state index contributed by atoms with van der Waals surface area (Å²) in [5, 5.41) is 22.6. The summed E-state index contributed by atoms with van der Waals surface area (Å²) in [6, 6.07) is 8.33.